The van der Waals surface area contributed by atoms with E-state index >= 15 is 0 Å². The number of hydrogen-bond donors (Lipinski definition) is 1. The summed E-state index contributed by atoms with van der Waals surface area (Å²) in [5, 5.41) is 9.01. The zero-order valence-electron chi connectivity index (χ0n) is 13.1. The first-order valence-electron chi connectivity index (χ1n) is 8.19. The van der Waals surface area contributed by atoms with Gasteiger partial charge < -0.3 is 14.7 Å². The second kappa shape index (κ2) is 5.96. The molecule has 0 radical (unpaired) electrons. The van der Waals surface area contributed by atoms with E-state index in [1.165, 1.54) is 10.4 Å². The van der Waals surface area contributed by atoms with E-state index in [-0.39, 0.29) is 12.1 Å². The monoisotopic (exact) mass is 332 g/mol. The van der Waals surface area contributed by atoms with Crippen molar-refractivity contribution in [3.63, 3.8) is 0 Å². The number of nitrogens with one attached hydrogen (secondary N) is 1. The van der Waals surface area contributed by atoms with Crippen molar-refractivity contribution in [2.45, 2.75) is 51.1 Å². The largest absolute Gasteiger partial charge is 0.337 e. The number of amides is 2. The van der Waals surface area contributed by atoms with Gasteiger partial charge >= 0.3 is 6.03 Å². The summed E-state index contributed by atoms with van der Waals surface area (Å²) in [5.74, 6) is 1.73. The van der Waals surface area contributed by atoms with E-state index < -0.39 is 0 Å². The Morgan fingerprint density at radius 3 is 3.17 bits per heavy atom. The van der Waals surface area contributed by atoms with Crippen LogP contribution in [0.2, 0.25) is 0 Å². The summed E-state index contributed by atoms with van der Waals surface area (Å²) in [7, 11) is 0. The Hall–Kier alpha value is -1.89. The highest BCUT2D eigenvalue weighted by molar-refractivity contribution is 7.10. The fourth-order valence-electron chi connectivity index (χ4n) is 3.18. The molecule has 1 atom stereocenters. The average Bonchev–Trinajstić information content (AvgIpc) is 3.12. The first kappa shape index (κ1) is 14.7. The third-order valence-electron chi connectivity index (χ3n) is 4.56. The van der Waals surface area contributed by atoms with Crippen molar-refractivity contribution in [2.75, 3.05) is 6.54 Å². The molecule has 122 valence electrons. The van der Waals surface area contributed by atoms with E-state index in [1.807, 2.05) is 4.90 Å². The van der Waals surface area contributed by atoms with Crippen LogP contribution in [-0.2, 0) is 13.0 Å². The zero-order valence-corrected chi connectivity index (χ0v) is 13.9. The van der Waals surface area contributed by atoms with Gasteiger partial charge in [-0.05, 0) is 42.7 Å². The minimum atomic E-state index is -0.0557. The summed E-state index contributed by atoms with van der Waals surface area (Å²) in [6, 6.07) is 2.25. The lowest BCUT2D eigenvalue weighted by Crippen LogP contribution is -2.45. The molecular formula is C16H20N4O2S. The molecule has 2 amide bonds. The Bertz CT molecular complexity index is 707. The normalized spacial score (nSPS) is 20.4. The highest BCUT2D eigenvalue weighted by Gasteiger charge is 2.31. The van der Waals surface area contributed by atoms with Gasteiger partial charge in [-0.1, -0.05) is 12.1 Å². The molecule has 1 aliphatic carbocycles. The van der Waals surface area contributed by atoms with Crippen LogP contribution >= 0.6 is 11.3 Å². The first-order valence-corrected chi connectivity index (χ1v) is 9.07. The summed E-state index contributed by atoms with van der Waals surface area (Å²) >= 11 is 1.79. The molecule has 1 fully saturated rings. The van der Waals surface area contributed by atoms with Crippen molar-refractivity contribution >= 4 is 17.4 Å². The molecule has 0 bridgehead atoms. The Morgan fingerprint density at radius 1 is 1.52 bits per heavy atom. The molecule has 6 nitrogen and oxygen atoms in total. The fraction of sp³-hybridized carbons (Fsp3) is 0.562. The van der Waals surface area contributed by atoms with Gasteiger partial charge in [0, 0.05) is 17.3 Å². The molecule has 0 spiro atoms. The number of carbonyl (C=O) groups excluding carboxylic acids is 1. The molecule has 1 aliphatic heterocycles. The van der Waals surface area contributed by atoms with Gasteiger partial charge in [0.1, 0.15) is 0 Å². The molecule has 2 aromatic heterocycles. The number of aromatic nitrogens is 2. The number of nitrogens with zero attached hydrogens (tertiary/aromatic N) is 3. The molecule has 0 unspecified atom stereocenters. The molecule has 1 saturated carbocycles. The Kier molecular flexibility index (Phi) is 3.80. The zero-order chi connectivity index (χ0) is 15.8. The summed E-state index contributed by atoms with van der Waals surface area (Å²) in [5.41, 5.74) is 1.30. The van der Waals surface area contributed by atoms with E-state index in [9.17, 15) is 4.79 Å². The molecule has 1 N–H and O–H groups in total. The third-order valence-corrected chi connectivity index (χ3v) is 5.56. The lowest BCUT2D eigenvalue weighted by atomic mass is 9.98. The highest BCUT2D eigenvalue weighted by Crippen LogP contribution is 2.38. The first-order chi connectivity index (χ1) is 11.3. The number of thiophene rings is 1. The van der Waals surface area contributed by atoms with Crippen molar-refractivity contribution in [3.05, 3.63) is 33.6 Å². The van der Waals surface area contributed by atoms with Crippen LogP contribution in [0.25, 0.3) is 0 Å². The Labute approximate surface area is 138 Å². The third kappa shape index (κ3) is 2.85. The highest BCUT2D eigenvalue weighted by atomic mass is 32.1. The van der Waals surface area contributed by atoms with Crippen LogP contribution < -0.4 is 5.32 Å². The quantitative estimate of drug-likeness (QED) is 0.933. The van der Waals surface area contributed by atoms with Crippen LogP contribution in [0, 0.1) is 0 Å². The van der Waals surface area contributed by atoms with Crippen molar-refractivity contribution in [3.8, 4) is 0 Å². The van der Waals surface area contributed by atoms with Gasteiger partial charge in [0.25, 0.3) is 0 Å². The Morgan fingerprint density at radius 2 is 2.39 bits per heavy atom. The van der Waals surface area contributed by atoms with Gasteiger partial charge in [0.15, 0.2) is 5.82 Å². The maximum Gasteiger partial charge on any atom is 0.318 e. The van der Waals surface area contributed by atoms with E-state index in [0.717, 1.165) is 38.1 Å². The van der Waals surface area contributed by atoms with Gasteiger partial charge in [-0.2, -0.15) is 4.98 Å². The van der Waals surface area contributed by atoms with Gasteiger partial charge in [-0.3, -0.25) is 0 Å². The second-order valence-corrected chi connectivity index (χ2v) is 7.15. The second-order valence-electron chi connectivity index (χ2n) is 6.15. The van der Waals surface area contributed by atoms with E-state index in [0.29, 0.717) is 18.4 Å². The predicted molar refractivity (Wildman–Crippen MR) is 86.3 cm³/mol. The predicted octanol–water partition coefficient (Wildman–Crippen LogP) is 3.23. The molecule has 3 heterocycles. The maximum absolute atomic E-state index is 12.6. The maximum atomic E-state index is 12.6. The van der Waals surface area contributed by atoms with Crippen molar-refractivity contribution in [1.29, 1.82) is 0 Å². The number of urea groups is 1. The number of fused-ring (bicyclic) bond motifs is 1. The lowest BCUT2D eigenvalue weighted by molar-refractivity contribution is 0.166. The van der Waals surface area contributed by atoms with Gasteiger partial charge in [-0.15, -0.1) is 11.3 Å². The van der Waals surface area contributed by atoms with Crippen molar-refractivity contribution in [1.82, 2.24) is 20.4 Å². The molecule has 7 heteroatoms. The number of carbonyl (C=O) groups is 1. The number of hydrogen-bond acceptors (Lipinski definition) is 5. The molecule has 0 saturated heterocycles. The summed E-state index contributed by atoms with van der Waals surface area (Å²) in [4.78, 5) is 20.2. The molecule has 0 aromatic carbocycles. The molecule has 4 rings (SSSR count). The Balaban J connectivity index is 1.40. The fourth-order valence-corrected chi connectivity index (χ4v) is 4.11. The van der Waals surface area contributed by atoms with Crippen LogP contribution in [0.4, 0.5) is 4.79 Å². The van der Waals surface area contributed by atoms with E-state index in [1.54, 1.807) is 11.3 Å². The molecule has 2 aliphatic rings. The minimum absolute atomic E-state index is 0.0557. The van der Waals surface area contributed by atoms with Crippen molar-refractivity contribution < 1.29 is 9.32 Å². The van der Waals surface area contributed by atoms with Crippen LogP contribution in [0.3, 0.4) is 0 Å². The van der Waals surface area contributed by atoms with Crippen LogP contribution in [0.1, 0.15) is 60.3 Å². The minimum Gasteiger partial charge on any atom is -0.337 e. The summed E-state index contributed by atoms with van der Waals surface area (Å²) in [6.07, 6.45) is 4.13. The lowest BCUT2D eigenvalue weighted by Gasteiger charge is -2.35. The average molecular weight is 332 g/mol. The molecule has 23 heavy (non-hydrogen) atoms. The number of rotatable bonds is 4. The van der Waals surface area contributed by atoms with Crippen LogP contribution in [-0.4, -0.2) is 27.6 Å². The SMILES string of the molecule is CC[C@H]1c2ccsc2CCN1C(=O)NCc1nc(C2CC2)no1. The van der Waals surface area contributed by atoms with Gasteiger partial charge in [0.2, 0.25) is 5.89 Å². The topological polar surface area (TPSA) is 71.3 Å². The van der Waals surface area contributed by atoms with E-state index in [4.69, 9.17) is 4.52 Å². The van der Waals surface area contributed by atoms with Crippen molar-refractivity contribution in [2.24, 2.45) is 0 Å². The van der Waals surface area contributed by atoms with Crippen LogP contribution in [0.5, 0.6) is 0 Å². The summed E-state index contributed by atoms with van der Waals surface area (Å²) in [6.45, 7) is 3.18. The molecular weight excluding hydrogens is 312 g/mol. The van der Waals surface area contributed by atoms with E-state index in [2.05, 4.69) is 33.8 Å². The summed E-state index contributed by atoms with van der Waals surface area (Å²) < 4.78 is 5.21. The standard InChI is InChI=1S/C16H20N4O2S/c1-2-12-11-6-8-23-13(11)5-7-20(12)16(21)17-9-14-18-15(19-22-14)10-3-4-10/h6,8,10,12H,2-5,7,9H2,1H3,(H,17,21)/t12-/m0/s1. The van der Waals surface area contributed by atoms with Gasteiger partial charge in [-0.25, -0.2) is 4.79 Å². The smallest absolute Gasteiger partial charge is 0.318 e. The molecule has 2 aromatic rings. The van der Waals surface area contributed by atoms with Crippen LogP contribution in [0.15, 0.2) is 16.0 Å². The van der Waals surface area contributed by atoms with Gasteiger partial charge in [0.05, 0.1) is 12.6 Å².